The number of benzene rings is 2. The second kappa shape index (κ2) is 7.95. The van der Waals surface area contributed by atoms with Gasteiger partial charge in [0.2, 0.25) is 5.91 Å². The van der Waals surface area contributed by atoms with Crippen molar-refractivity contribution < 1.29 is 22.7 Å². The summed E-state index contributed by atoms with van der Waals surface area (Å²) in [6.07, 6.45) is 1.36. The van der Waals surface area contributed by atoms with Gasteiger partial charge in [-0.1, -0.05) is 18.2 Å². The first-order valence-corrected chi connectivity index (χ1v) is 9.11. The van der Waals surface area contributed by atoms with Gasteiger partial charge in [-0.15, -0.1) is 0 Å². The number of hydrogen-bond acceptors (Lipinski definition) is 3. The molecule has 4 rings (SSSR count). The summed E-state index contributed by atoms with van der Waals surface area (Å²) in [5.74, 6) is -2.32. The predicted molar refractivity (Wildman–Crippen MR) is 101 cm³/mol. The number of rotatable bonds is 5. The van der Waals surface area contributed by atoms with Crippen LogP contribution in [0.5, 0.6) is 5.75 Å². The molecular weight excluding hydrogens is 381 g/mol. The van der Waals surface area contributed by atoms with Crippen molar-refractivity contribution in [3.8, 4) is 17.0 Å². The first-order chi connectivity index (χ1) is 14.0. The monoisotopic (exact) mass is 398 g/mol. The molecule has 1 aliphatic heterocycles. The minimum atomic E-state index is -1.03. The smallest absolute Gasteiger partial charge is 0.224 e. The zero-order valence-electron chi connectivity index (χ0n) is 15.3. The highest BCUT2D eigenvalue weighted by atomic mass is 19.2. The van der Waals surface area contributed by atoms with Gasteiger partial charge in [0.05, 0.1) is 18.7 Å². The summed E-state index contributed by atoms with van der Waals surface area (Å²) >= 11 is 0. The van der Waals surface area contributed by atoms with Crippen LogP contribution < -0.4 is 10.1 Å². The summed E-state index contributed by atoms with van der Waals surface area (Å²) in [5.41, 5.74) is 1.82. The third-order valence-corrected chi connectivity index (χ3v) is 4.71. The molecule has 4 nitrogen and oxygen atoms in total. The molecule has 1 aliphatic rings. The zero-order chi connectivity index (χ0) is 20.4. The summed E-state index contributed by atoms with van der Waals surface area (Å²) in [7, 11) is 0. The van der Waals surface area contributed by atoms with Crippen molar-refractivity contribution in [2.24, 2.45) is 0 Å². The molecule has 1 amide bonds. The van der Waals surface area contributed by atoms with Crippen LogP contribution in [-0.4, -0.2) is 23.5 Å². The number of aromatic nitrogens is 1. The molecule has 1 N–H and O–H groups in total. The minimum Gasteiger partial charge on any atom is -0.487 e. The molecule has 0 saturated heterocycles. The van der Waals surface area contributed by atoms with E-state index in [-0.39, 0.29) is 24.3 Å². The number of pyridine rings is 1. The quantitative estimate of drug-likeness (QED) is 0.711. The highest BCUT2D eigenvalue weighted by Gasteiger charge is 2.27. The van der Waals surface area contributed by atoms with Crippen molar-refractivity contribution in [1.29, 1.82) is 0 Å². The van der Waals surface area contributed by atoms with E-state index in [4.69, 9.17) is 4.74 Å². The molecule has 148 valence electrons. The maximum Gasteiger partial charge on any atom is 0.224 e. The van der Waals surface area contributed by atoms with Crippen LogP contribution in [0.15, 0.2) is 54.7 Å². The number of nitrogens with one attached hydrogen (secondary N) is 1. The van der Waals surface area contributed by atoms with Crippen LogP contribution in [0.4, 0.5) is 13.2 Å². The highest BCUT2D eigenvalue weighted by Crippen LogP contribution is 2.38. The van der Waals surface area contributed by atoms with Gasteiger partial charge in [0.25, 0.3) is 0 Å². The third-order valence-electron chi connectivity index (χ3n) is 4.71. The number of nitrogens with zero attached hydrogens (tertiary/aromatic N) is 1. The van der Waals surface area contributed by atoms with E-state index in [1.54, 1.807) is 24.4 Å². The van der Waals surface area contributed by atoms with E-state index in [2.05, 4.69) is 10.3 Å². The standard InChI is InChI=1S/C22H17F3N2O2/c23-15-8-14-9-16(29-22(14)17(11-15)19-6-1-2-7-26-19)12-27-20(28)10-13-4-3-5-18(24)21(13)25/h1-8,11,16H,9-10,12H2,(H,27,28). The summed E-state index contributed by atoms with van der Waals surface area (Å²) in [4.78, 5) is 16.4. The lowest BCUT2D eigenvalue weighted by molar-refractivity contribution is -0.120. The Morgan fingerprint density at radius 2 is 2.00 bits per heavy atom. The zero-order valence-corrected chi connectivity index (χ0v) is 15.3. The Morgan fingerprint density at radius 3 is 2.79 bits per heavy atom. The molecule has 1 unspecified atom stereocenters. The van der Waals surface area contributed by atoms with Crippen LogP contribution in [0.2, 0.25) is 0 Å². The molecule has 7 heteroatoms. The summed E-state index contributed by atoms with van der Waals surface area (Å²) in [5, 5.41) is 2.67. The van der Waals surface area contributed by atoms with Crippen LogP contribution in [0.1, 0.15) is 11.1 Å². The number of fused-ring (bicyclic) bond motifs is 1. The fourth-order valence-electron chi connectivity index (χ4n) is 3.37. The van der Waals surface area contributed by atoms with Crippen molar-refractivity contribution in [3.05, 3.63) is 83.3 Å². The van der Waals surface area contributed by atoms with Gasteiger partial charge in [0, 0.05) is 29.3 Å². The van der Waals surface area contributed by atoms with E-state index in [0.717, 1.165) is 6.07 Å². The fourth-order valence-corrected chi connectivity index (χ4v) is 3.37. The molecule has 3 aromatic rings. The van der Waals surface area contributed by atoms with E-state index >= 15 is 0 Å². The highest BCUT2D eigenvalue weighted by molar-refractivity contribution is 5.78. The van der Waals surface area contributed by atoms with Crippen molar-refractivity contribution >= 4 is 5.91 Å². The number of halogens is 3. The fraction of sp³-hybridized carbons (Fsp3) is 0.182. The van der Waals surface area contributed by atoms with E-state index in [1.165, 1.54) is 24.3 Å². The molecule has 29 heavy (non-hydrogen) atoms. The summed E-state index contributed by atoms with van der Waals surface area (Å²) in [6.45, 7) is 0.160. The molecule has 0 aliphatic carbocycles. The molecular formula is C22H17F3N2O2. The number of ether oxygens (including phenoxy) is 1. The van der Waals surface area contributed by atoms with Gasteiger partial charge in [-0.3, -0.25) is 9.78 Å². The lowest BCUT2D eigenvalue weighted by Crippen LogP contribution is -2.35. The molecule has 0 spiro atoms. The van der Waals surface area contributed by atoms with Gasteiger partial charge >= 0.3 is 0 Å². The van der Waals surface area contributed by atoms with E-state index in [0.29, 0.717) is 29.0 Å². The SMILES string of the molecule is O=C(Cc1cccc(F)c1F)NCC1Cc2cc(F)cc(-c3ccccn3)c2O1. The first-order valence-electron chi connectivity index (χ1n) is 9.11. The van der Waals surface area contributed by atoms with Crippen molar-refractivity contribution in [2.45, 2.75) is 18.9 Å². The maximum atomic E-state index is 14.0. The Kier molecular flexibility index (Phi) is 5.20. The van der Waals surface area contributed by atoms with Crippen LogP contribution in [0.25, 0.3) is 11.3 Å². The predicted octanol–water partition coefficient (Wildman–Crippen LogP) is 3.83. The second-order valence-electron chi connectivity index (χ2n) is 6.79. The number of carbonyl (C=O) groups excluding carboxylic acids is 1. The molecule has 0 fully saturated rings. The normalized spacial score (nSPS) is 14.9. The maximum absolute atomic E-state index is 14.0. The van der Waals surface area contributed by atoms with Crippen LogP contribution in [0.3, 0.4) is 0 Å². The Labute approximate surface area is 165 Å². The molecule has 1 aromatic heterocycles. The van der Waals surface area contributed by atoms with Crippen LogP contribution >= 0.6 is 0 Å². The average Bonchev–Trinajstić information content (AvgIpc) is 3.12. The second-order valence-corrected chi connectivity index (χ2v) is 6.79. The Balaban J connectivity index is 1.42. The van der Waals surface area contributed by atoms with E-state index in [9.17, 15) is 18.0 Å². The summed E-state index contributed by atoms with van der Waals surface area (Å²) in [6, 6.07) is 11.8. The molecule has 0 bridgehead atoms. The third kappa shape index (κ3) is 4.08. The number of carbonyl (C=O) groups is 1. The van der Waals surface area contributed by atoms with E-state index < -0.39 is 23.6 Å². The lowest BCUT2D eigenvalue weighted by atomic mass is 10.0. The summed E-state index contributed by atoms with van der Waals surface area (Å²) < 4.78 is 46.9. The van der Waals surface area contributed by atoms with Crippen LogP contribution in [-0.2, 0) is 17.6 Å². The molecule has 0 radical (unpaired) electrons. The molecule has 2 aromatic carbocycles. The molecule has 2 heterocycles. The average molecular weight is 398 g/mol. The topological polar surface area (TPSA) is 51.2 Å². The largest absolute Gasteiger partial charge is 0.487 e. The van der Waals surface area contributed by atoms with Gasteiger partial charge in [-0.05, 0) is 30.3 Å². The Morgan fingerprint density at radius 1 is 1.14 bits per heavy atom. The minimum absolute atomic E-state index is 0.0161. The van der Waals surface area contributed by atoms with E-state index in [1.807, 2.05) is 0 Å². The first kappa shape index (κ1) is 19.0. The van der Waals surface area contributed by atoms with Gasteiger partial charge in [-0.2, -0.15) is 0 Å². The molecule has 0 saturated carbocycles. The number of hydrogen-bond donors (Lipinski definition) is 1. The Bertz CT molecular complexity index is 1060. The van der Waals surface area contributed by atoms with Gasteiger partial charge in [0.1, 0.15) is 17.7 Å². The van der Waals surface area contributed by atoms with Crippen molar-refractivity contribution in [3.63, 3.8) is 0 Å². The van der Waals surface area contributed by atoms with Gasteiger partial charge in [0.15, 0.2) is 11.6 Å². The van der Waals surface area contributed by atoms with Crippen molar-refractivity contribution in [1.82, 2.24) is 10.3 Å². The van der Waals surface area contributed by atoms with Gasteiger partial charge in [-0.25, -0.2) is 13.2 Å². The number of amides is 1. The van der Waals surface area contributed by atoms with Gasteiger partial charge < -0.3 is 10.1 Å². The van der Waals surface area contributed by atoms with Crippen LogP contribution in [0, 0.1) is 17.5 Å². The lowest BCUT2D eigenvalue weighted by Gasteiger charge is -2.13. The Hall–Kier alpha value is -3.35. The molecule has 1 atom stereocenters. The van der Waals surface area contributed by atoms with Crippen molar-refractivity contribution in [2.75, 3.05) is 6.54 Å².